The monoisotopic (exact) mass is 1940 g/mol. The summed E-state index contributed by atoms with van der Waals surface area (Å²) in [5.41, 5.74) is 0. The second-order valence-corrected chi connectivity index (χ2v) is 37.6. The number of hydrogen-bond donors (Lipinski definition) is 0. The first kappa shape index (κ1) is 132. The zero-order chi connectivity index (χ0) is 101. The molecule has 140 heavy (non-hydrogen) atoms. The first-order valence-electron chi connectivity index (χ1n) is 57.1. The van der Waals surface area contributed by atoms with E-state index in [4.69, 9.17) is 28.4 Å². The van der Waals surface area contributed by atoms with Gasteiger partial charge in [-0.2, -0.15) is 0 Å². The molecule has 794 valence electrons. The van der Waals surface area contributed by atoms with Gasteiger partial charge in [0.25, 0.3) is 0 Å². The van der Waals surface area contributed by atoms with E-state index < -0.39 is 0 Å². The molecule has 3 atom stereocenters. The first-order chi connectivity index (χ1) is 68.9. The fourth-order valence-corrected chi connectivity index (χ4v) is 15.6. The molecular weight excluding hydrogens is 1730 g/mol. The Morgan fingerprint density at radius 3 is 0.671 bits per heavy atom. The van der Waals surface area contributed by atoms with Crippen LogP contribution in [0.5, 0.6) is 0 Å². The smallest absolute Gasteiger partial charge is 0.307 e. The minimum atomic E-state index is -0.234. The molecule has 0 aliphatic carbocycles. The van der Waals surface area contributed by atoms with E-state index in [1.807, 2.05) is 7.05 Å². The van der Waals surface area contributed by atoms with Gasteiger partial charge >= 0.3 is 35.8 Å². The van der Waals surface area contributed by atoms with Crippen LogP contribution < -0.4 is 0 Å². The standard InChI is InChI=1S/C126H208N2O12/c1-8-14-20-26-29-32-35-38-41-44-47-50-53-62-71-80-92-104-124(132)138-118(98-86-23-17-11-4)101-89-77-68-59-56-65-74-83-95-115-135-121(129)107-110-127(7)113-114-128(111-108-122(130)136-116-96-84-75-66-57-60-69-78-90-102-119(99-87-24-18-12-5)139-125(133)105-93-81-72-63-54-51-48-45-42-39-36-33-30-27-21-15-9-2)112-109-123(131)137-117-97-85-76-67-58-61-70-79-91-103-120(100-88-25-19-13-6)140-126(134)106-94-82-73-64-55-52-49-46-43-40-37-34-31-28-22-16-10-3/h14-16,20-22,29-34,38-43,47-52,62-64,71-73,77-79,89-91,118-120H,8-13,17-19,23-28,35-37,44-46,53-61,65-70,74-76,80-88,92-117H2,1-7H3/b20-14-,21-15-,22-16-,32-29-,33-30-,34-31-,41-38-,42-39-,43-40-,50-47-,51-48-,52-49-,71-62-,72-63-,73-64-,89-77-,90-78-,91-79-. The highest BCUT2D eigenvalue weighted by atomic mass is 16.6. The molecule has 0 spiro atoms. The van der Waals surface area contributed by atoms with Crippen molar-refractivity contribution in [2.45, 2.75) is 484 Å². The van der Waals surface area contributed by atoms with Gasteiger partial charge in [-0.1, -0.05) is 395 Å². The molecule has 0 aliphatic heterocycles. The number of carbonyl (C=O) groups excluding carboxylic acids is 6. The van der Waals surface area contributed by atoms with Crippen LogP contribution in [0.3, 0.4) is 0 Å². The Morgan fingerprint density at radius 2 is 0.414 bits per heavy atom. The summed E-state index contributed by atoms with van der Waals surface area (Å²) in [5, 5.41) is 0. The molecule has 0 N–H and O–H groups in total. The second kappa shape index (κ2) is 111. The van der Waals surface area contributed by atoms with Crippen LogP contribution in [0, 0.1) is 0 Å². The van der Waals surface area contributed by atoms with Crippen LogP contribution in [0.1, 0.15) is 465 Å². The second-order valence-electron chi connectivity index (χ2n) is 37.6. The van der Waals surface area contributed by atoms with Crippen LogP contribution in [0.25, 0.3) is 0 Å². The highest BCUT2D eigenvalue weighted by Gasteiger charge is 2.19. The number of carbonyl (C=O) groups is 6. The van der Waals surface area contributed by atoms with E-state index in [-0.39, 0.29) is 73.4 Å². The van der Waals surface area contributed by atoms with Crippen LogP contribution in [0.15, 0.2) is 219 Å². The van der Waals surface area contributed by atoms with Crippen LogP contribution in [0.2, 0.25) is 0 Å². The average Bonchev–Trinajstić information content (AvgIpc) is 0.939. The van der Waals surface area contributed by atoms with Crippen molar-refractivity contribution in [1.29, 1.82) is 0 Å². The van der Waals surface area contributed by atoms with Gasteiger partial charge in [-0.3, -0.25) is 28.8 Å². The third-order valence-corrected chi connectivity index (χ3v) is 24.3. The predicted octanol–water partition coefficient (Wildman–Crippen LogP) is 35.5. The van der Waals surface area contributed by atoms with Crippen LogP contribution in [-0.4, -0.2) is 124 Å². The number of ether oxygens (including phenoxy) is 6. The van der Waals surface area contributed by atoms with Gasteiger partial charge in [0.15, 0.2) is 0 Å². The van der Waals surface area contributed by atoms with Crippen LogP contribution >= 0.6 is 0 Å². The first-order valence-corrected chi connectivity index (χ1v) is 57.1. The Morgan fingerprint density at radius 1 is 0.200 bits per heavy atom. The van der Waals surface area contributed by atoms with Gasteiger partial charge in [-0.05, 0) is 238 Å². The van der Waals surface area contributed by atoms with Gasteiger partial charge in [0.2, 0.25) is 0 Å². The summed E-state index contributed by atoms with van der Waals surface area (Å²) in [6.45, 7) is 17.1. The third-order valence-electron chi connectivity index (χ3n) is 24.3. The number of esters is 6. The SMILES string of the molecule is CC/C=C\C/C=C\C/C=C\C/C=C\C/C=C\CCCC(=O)OC(C/C=C\CCCCCCCCOC(=O)CCN(C)CCN(CCC(=O)OCCCCCCCC/C=C\CC(CCCCCC)OC(=O)CCC/C=C\C/C=C\C/C=C\C/C=C\C/C=C\CC)CCC(=O)OCCCCCCCC/C=C\CC(CCCCCC)OC(=O)CCC/C=C\C/C=C\C/C=C\C/C=C\C/C=C\CC)CCCCCC. The summed E-state index contributed by atoms with van der Waals surface area (Å²) in [6, 6.07) is 0. The fraction of sp³-hybridized carbons (Fsp3) is 0.667. The summed E-state index contributed by atoms with van der Waals surface area (Å²) in [7, 11) is 2.00. The molecule has 14 nitrogen and oxygen atoms in total. The fourth-order valence-electron chi connectivity index (χ4n) is 15.6. The van der Waals surface area contributed by atoms with E-state index in [1.165, 1.54) is 57.8 Å². The van der Waals surface area contributed by atoms with Crippen molar-refractivity contribution in [3.63, 3.8) is 0 Å². The Balaban J connectivity index is 5.19. The summed E-state index contributed by atoms with van der Waals surface area (Å²) in [6.07, 6.45) is 142. The van der Waals surface area contributed by atoms with E-state index in [0.717, 1.165) is 327 Å². The molecule has 0 heterocycles. The maximum atomic E-state index is 13.2. The van der Waals surface area contributed by atoms with E-state index in [9.17, 15) is 28.8 Å². The number of likely N-dealkylation sites (N-methyl/N-ethyl adjacent to an activating group) is 1. The Bertz CT molecular complexity index is 3280. The van der Waals surface area contributed by atoms with Crippen molar-refractivity contribution in [2.24, 2.45) is 0 Å². The van der Waals surface area contributed by atoms with E-state index >= 15 is 0 Å². The molecular formula is C126H208N2O12. The van der Waals surface area contributed by atoms with Crippen molar-refractivity contribution in [1.82, 2.24) is 9.80 Å². The Kier molecular flexibility index (Phi) is 105. The summed E-state index contributed by atoms with van der Waals surface area (Å²) in [4.78, 5) is 82.3. The molecule has 0 aromatic rings. The van der Waals surface area contributed by atoms with Crippen molar-refractivity contribution in [2.75, 3.05) is 59.6 Å². The number of hydrogen-bond acceptors (Lipinski definition) is 14. The molecule has 0 bridgehead atoms. The summed E-state index contributed by atoms with van der Waals surface area (Å²) < 4.78 is 35.3. The molecule has 0 amide bonds. The maximum Gasteiger partial charge on any atom is 0.307 e. The van der Waals surface area contributed by atoms with E-state index in [0.29, 0.717) is 71.8 Å². The third kappa shape index (κ3) is 104. The number of unbranched alkanes of at least 4 members (excludes halogenated alkanes) is 30. The molecule has 0 saturated carbocycles. The minimum Gasteiger partial charge on any atom is -0.466 e. The normalized spacial score (nSPS) is 13.3. The van der Waals surface area contributed by atoms with Gasteiger partial charge in [-0.25, -0.2) is 0 Å². The van der Waals surface area contributed by atoms with Gasteiger partial charge in [0, 0.05) is 71.2 Å². The van der Waals surface area contributed by atoms with Gasteiger partial charge in [0.05, 0.1) is 39.1 Å². The summed E-state index contributed by atoms with van der Waals surface area (Å²) >= 11 is 0. The van der Waals surface area contributed by atoms with Crippen molar-refractivity contribution < 1.29 is 57.2 Å². The van der Waals surface area contributed by atoms with E-state index in [1.54, 1.807) is 0 Å². The van der Waals surface area contributed by atoms with Gasteiger partial charge < -0.3 is 38.2 Å². The molecule has 0 aromatic heterocycles. The lowest BCUT2D eigenvalue weighted by atomic mass is 10.1. The molecule has 0 aliphatic rings. The number of allylic oxidation sites excluding steroid dienone is 33. The molecule has 0 radical (unpaired) electrons. The van der Waals surface area contributed by atoms with Gasteiger partial charge in [0.1, 0.15) is 18.3 Å². The van der Waals surface area contributed by atoms with Crippen molar-refractivity contribution in [3.05, 3.63) is 219 Å². The molecule has 0 rings (SSSR count). The van der Waals surface area contributed by atoms with E-state index in [2.05, 4.69) is 270 Å². The minimum absolute atomic E-state index is 0.0604. The zero-order valence-corrected chi connectivity index (χ0v) is 90.6. The molecule has 0 fully saturated rings. The highest BCUT2D eigenvalue weighted by Crippen LogP contribution is 2.21. The lowest BCUT2D eigenvalue weighted by molar-refractivity contribution is -0.150. The zero-order valence-electron chi connectivity index (χ0n) is 90.6. The number of nitrogens with zero attached hydrogens (tertiary/aromatic N) is 2. The average molecular weight is 1940 g/mol. The molecule has 0 saturated heterocycles. The maximum absolute atomic E-state index is 13.2. The van der Waals surface area contributed by atoms with Gasteiger partial charge in [-0.15, -0.1) is 0 Å². The van der Waals surface area contributed by atoms with Crippen molar-refractivity contribution >= 4 is 35.8 Å². The Labute approximate surface area is 859 Å². The Hall–Kier alpha value is -7.94. The number of rotatable bonds is 102. The molecule has 3 unspecified atom stereocenters. The lowest BCUT2D eigenvalue weighted by Gasteiger charge is -2.25. The summed E-state index contributed by atoms with van der Waals surface area (Å²) in [5.74, 6) is -0.917. The van der Waals surface area contributed by atoms with Crippen LogP contribution in [0.4, 0.5) is 0 Å². The lowest BCUT2D eigenvalue weighted by Crippen LogP contribution is -2.37. The predicted molar refractivity (Wildman–Crippen MR) is 600 cm³/mol. The van der Waals surface area contributed by atoms with Crippen molar-refractivity contribution in [3.8, 4) is 0 Å². The molecule has 14 heteroatoms. The quantitative estimate of drug-likeness (QED) is 0.0244. The molecule has 0 aromatic carbocycles. The van der Waals surface area contributed by atoms with Crippen LogP contribution in [-0.2, 0) is 57.2 Å². The largest absolute Gasteiger partial charge is 0.466 e. The highest BCUT2D eigenvalue weighted by molar-refractivity contribution is 5.71. The topological polar surface area (TPSA) is 164 Å².